The SMILES string of the molecule is O=C(O)[C@H]1C[C@@H]2C[C@@H]1C[C@@H]2O. The minimum atomic E-state index is -0.676. The van der Waals surface area contributed by atoms with Gasteiger partial charge < -0.3 is 10.2 Å². The molecular weight excluding hydrogens is 144 g/mol. The first-order valence-electron chi connectivity index (χ1n) is 4.09. The zero-order chi connectivity index (χ0) is 8.01. The van der Waals surface area contributed by atoms with Crippen molar-refractivity contribution in [2.45, 2.75) is 25.4 Å². The highest BCUT2D eigenvalue weighted by molar-refractivity contribution is 5.71. The standard InChI is InChI=1S/C8H12O3/c9-7-3-4-1-5(7)2-6(4)8(10)11/h4-7,9H,1-3H2,(H,10,11)/t4-,5+,6+,7+/m1/s1. The molecule has 0 aromatic rings. The molecule has 0 aliphatic heterocycles. The number of aliphatic hydroxyl groups is 1. The summed E-state index contributed by atoms with van der Waals surface area (Å²) < 4.78 is 0. The Kier molecular flexibility index (Phi) is 1.42. The molecule has 3 heteroatoms. The van der Waals surface area contributed by atoms with Crippen LogP contribution in [-0.4, -0.2) is 22.3 Å². The molecule has 0 saturated heterocycles. The Balaban J connectivity index is 2.08. The molecule has 0 spiro atoms. The van der Waals surface area contributed by atoms with Gasteiger partial charge in [0.15, 0.2) is 0 Å². The van der Waals surface area contributed by atoms with Crippen molar-refractivity contribution in [3.05, 3.63) is 0 Å². The van der Waals surface area contributed by atoms with Crippen LogP contribution in [0.25, 0.3) is 0 Å². The molecule has 2 saturated carbocycles. The number of fused-ring (bicyclic) bond motifs is 2. The van der Waals surface area contributed by atoms with Gasteiger partial charge in [-0.05, 0) is 31.1 Å². The van der Waals surface area contributed by atoms with Gasteiger partial charge in [-0.25, -0.2) is 0 Å². The van der Waals surface area contributed by atoms with Gasteiger partial charge >= 0.3 is 5.97 Å². The topological polar surface area (TPSA) is 57.5 Å². The van der Waals surface area contributed by atoms with E-state index in [4.69, 9.17) is 5.11 Å². The van der Waals surface area contributed by atoms with Gasteiger partial charge in [-0.3, -0.25) is 4.79 Å². The average molecular weight is 156 g/mol. The number of rotatable bonds is 1. The lowest BCUT2D eigenvalue weighted by Gasteiger charge is -2.21. The Labute approximate surface area is 65.0 Å². The molecule has 62 valence electrons. The van der Waals surface area contributed by atoms with Crippen LogP contribution in [0.2, 0.25) is 0 Å². The van der Waals surface area contributed by atoms with Crippen molar-refractivity contribution in [2.75, 3.05) is 0 Å². The molecule has 4 atom stereocenters. The molecule has 2 fully saturated rings. The number of aliphatic carboxylic acids is 1. The third kappa shape index (κ3) is 0.948. The van der Waals surface area contributed by atoms with Crippen molar-refractivity contribution in [3.63, 3.8) is 0 Å². The highest BCUT2D eigenvalue weighted by atomic mass is 16.4. The fourth-order valence-electron chi connectivity index (χ4n) is 2.55. The molecule has 0 aromatic heterocycles. The minimum absolute atomic E-state index is 0.164. The number of hydrogen-bond donors (Lipinski definition) is 2. The highest BCUT2D eigenvalue weighted by Gasteiger charge is 2.47. The van der Waals surface area contributed by atoms with Crippen molar-refractivity contribution < 1.29 is 15.0 Å². The number of carbonyl (C=O) groups is 1. The molecule has 3 nitrogen and oxygen atoms in total. The van der Waals surface area contributed by atoms with Gasteiger partial charge in [0.25, 0.3) is 0 Å². The molecule has 0 amide bonds. The van der Waals surface area contributed by atoms with Crippen LogP contribution in [0.4, 0.5) is 0 Å². The average Bonchev–Trinajstić information content (AvgIpc) is 2.43. The van der Waals surface area contributed by atoms with Crippen LogP contribution in [0.1, 0.15) is 19.3 Å². The summed E-state index contributed by atoms with van der Waals surface area (Å²) >= 11 is 0. The molecule has 2 N–H and O–H groups in total. The zero-order valence-electron chi connectivity index (χ0n) is 6.23. The molecule has 0 radical (unpaired) electrons. The zero-order valence-corrected chi connectivity index (χ0v) is 6.23. The predicted molar refractivity (Wildman–Crippen MR) is 38.0 cm³/mol. The Bertz CT molecular complexity index is 188. The normalized spacial score (nSPS) is 48.1. The van der Waals surface area contributed by atoms with E-state index in [1.165, 1.54) is 0 Å². The van der Waals surface area contributed by atoms with Crippen LogP contribution in [0.5, 0.6) is 0 Å². The largest absolute Gasteiger partial charge is 0.481 e. The molecule has 0 unspecified atom stereocenters. The van der Waals surface area contributed by atoms with E-state index in [0.717, 1.165) is 6.42 Å². The lowest BCUT2D eigenvalue weighted by atomic mass is 9.87. The fourth-order valence-corrected chi connectivity index (χ4v) is 2.55. The summed E-state index contributed by atoms with van der Waals surface area (Å²) in [4.78, 5) is 10.6. The lowest BCUT2D eigenvalue weighted by molar-refractivity contribution is -0.144. The summed E-state index contributed by atoms with van der Waals surface area (Å²) in [6, 6.07) is 0. The summed E-state index contributed by atoms with van der Waals surface area (Å²) in [5.41, 5.74) is 0. The van der Waals surface area contributed by atoms with E-state index in [9.17, 15) is 9.90 Å². The van der Waals surface area contributed by atoms with E-state index in [2.05, 4.69) is 0 Å². The molecule has 11 heavy (non-hydrogen) atoms. The third-order valence-electron chi connectivity index (χ3n) is 3.14. The molecule has 2 aliphatic rings. The predicted octanol–water partition coefficient (Wildman–Crippen LogP) is 0.478. The monoisotopic (exact) mass is 156 g/mol. The second-order valence-corrected chi connectivity index (χ2v) is 3.74. The fraction of sp³-hybridized carbons (Fsp3) is 0.875. The van der Waals surface area contributed by atoms with E-state index in [1.807, 2.05) is 0 Å². The van der Waals surface area contributed by atoms with Gasteiger partial charge in [-0.2, -0.15) is 0 Å². The van der Waals surface area contributed by atoms with Crippen LogP contribution in [0.15, 0.2) is 0 Å². The first-order chi connectivity index (χ1) is 5.18. The summed E-state index contributed by atoms with van der Waals surface area (Å²) in [5.74, 6) is -0.304. The van der Waals surface area contributed by atoms with Gasteiger partial charge in [0, 0.05) is 0 Å². The summed E-state index contributed by atoms with van der Waals surface area (Å²) in [6.45, 7) is 0. The molecule has 0 aromatic carbocycles. The molecule has 2 bridgehead atoms. The van der Waals surface area contributed by atoms with Gasteiger partial charge in [-0.1, -0.05) is 0 Å². The lowest BCUT2D eigenvalue weighted by Crippen LogP contribution is -2.26. The van der Waals surface area contributed by atoms with Gasteiger partial charge in [0.05, 0.1) is 12.0 Å². The first-order valence-corrected chi connectivity index (χ1v) is 4.09. The van der Waals surface area contributed by atoms with Crippen LogP contribution < -0.4 is 0 Å². The van der Waals surface area contributed by atoms with Crippen LogP contribution >= 0.6 is 0 Å². The van der Waals surface area contributed by atoms with Gasteiger partial charge in [0.1, 0.15) is 0 Å². The van der Waals surface area contributed by atoms with Crippen LogP contribution in [0.3, 0.4) is 0 Å². The first kappa shape index (κ1) is 7.10. The quantitative estimate of drug-likeness (QED) is 0.580. The molecule has 0 heterocycles. The van der Waals surface area contributed by atoms with Crippen molar-refractivity contribution in [3.8, 4) is 0 Å². The molecule has 2 aliphatic carbocycles. The van der Waals surface area contributed by atoms with Crippen molar-refractivity contribution >= 4 is 5.97 Å². The van der Waals surface area contributed by atoms with E-state index in [1.54, 1.807) is 0 Å². The van der Waals surface area contributed by atoms with E-state index < -0.39 is 5.97 Å². The maximum Gasteiger partial charge on any atom is 0.306 e. The summed E-state index contributed by atoms with van der Waals surface area (Å²) in [7, 11) is 0. The van der Waals surface area contributed by atoms with E-state index in [-0.39, 0.29) is 23.9 Å². The highest BCUT2D eigenvalue weighted by Crippen LogP contribution is 2.48. The Hall–Kier alpha value is -0.570. The van der Waals surface area contributed by atoms with Crippen molar-refractivity contribution in [2.24, 2.45) is 17.8 Å². The van der Waals surface area contributed by atoms with Gasteiger partial charge in [-0.15, -0.1) is 0 Å². The number of carboxylic acid groups (broad SMARTS) is 1. The maximum atomic E-state index is 10.6. The van der Waals surface area contributed by atoms with E-state index >= 15 is 0 Å². The smallest absolute Gasteiger partial charge is 0.306 e. The summed E-state index contributed by atoms with van der Waals surface area (Å²) in [5, 5.41) is 18.1. The molecule has 2 rings (SSSR count). The summed E-state index contributed by atoms with van der Waals surface area (Å²) in [6.07, 6.45) is 2.12. The molecular formula is C8H12O3. The van der Waals surface area contributed by atoms with Crippen molar-refractivity contribution in [1.82, 2.24) is 0 Å². The van der Waals surface area contributed by atoms with E-state index in [0.29, 0.717) is 12.8 Å². The van der Waals surface area contributed by atoms with Crippen molar-refractivity contribution in [1.29, 1.82) is 0 Å². The van der Waals surface area contributed by atoms with Crippen LogP contribution in [-0.2, 0) is 4.79 Å². The Morgan fingerprint density at radius 1 is 1.18 bits per heavy atom. The maximum absolute atomic E-state index is 10.6. The number of hydrogen-bond acceptors (Lipinski definition) is 2. The number of aliphatic hydroxyl groups excluding tert-OH is 1. The Morgan fingerprint density at radius 3 is 2.27 bits per heavy atom. The third-order valence-corrected chi connectivity index (χ3v) is 3.14. The van der Waals surface area contributed by atoms with Crippen LogP contribution in [0, 0.1) is 17.8 Å². The Morgan fingerprint density at radius 2 is 1.91 bits per heavy atom. The number of carboxylic acids is 1. The second-order valence-electron chi connectivity index (χ2n) is 3.74. The minimum Gasteiger partial charge on any atom is -0.481 e. The van der Waals surface area contributed by atoms with Gasteiger partial charge in [0.2, 0.25) is 0 Å². The second kappa shape index (κ2) is 2.21.